The van der Waals surface area contributed by atoms with Gasteiger partial charge in [-0.1, -0.05) is 35.9 Å². The Morgan fingerprint density at radius 3 is 2.18 bits per heavy atom. The minimum atomic E-state index is -5.24. The van der Waals surface area contributed by atoms with E-state index in [0.717, 1.165) is 35.2 Å². The zero-order valence-corrected chi connectivity index (χ0v) is 40.5. The summed E-state index contributed by atoms with van der Waals surface area (Å²) in [6, 6.07) is -1.60. The molecule has 67 heavy (non-hydrogen) atoms. The van der Waals surface area contributed by atoms with Gasteiger partial charge in [0, 0.05) is 11.4 Å². The molecule has 5 amide bonds. The number of aliphatic hydroxyl groups excluding tert-OH is 2. The average Bonchev–Trinajstić information content (AvgIpc) is 3.81. The van der Waals surface area contributed by atoms with Crippen LogP contribution in [0.1, 0.15) is 101 Å². The van der Waals surface area contributed by atoms with Gasteiger partial charge in [-0.2, -0.15) is 8.42 Å². The first-order chi connectivity index (χ1) is 31.2. The molecule has 0 aromatic carbocycles. The maximum absolute atomic E-state index is 13.7. The first-order valence-corrected chi connectivity index (χ1v) is 23.4. The van der Waals surface area contributed by atoms with Gasteiger partial charge in [-0.25, -0.2) is 33.9 Å². The SMILES string of the molecule is CCCCOc1cnc(-c2nn(S(=O)(=O)NC(=O)N3C[C@H](NC(=O)/C(=N\OC(C)(C)C(=O)OC(C)(C)C)c4csc(NC(=O)OC(C)(C)C)n4)C3=O)c(=O)n2C[C@@H](O)CO)cc1OCCCC. The third kappa shape index (κ3) is 14.6. The quantitative estimate of drug-likeness (QED) is 0.0336. The number of unbranched alkanes of at least 4 members (excludes halogenated alkanes) is 2. The molecule has 370 valence electrons. The fourth-order valence-electron chi connectivity index (χ4n) is 5.36. The van der Waals surface area contributed by atoms with Crippen LogP contribution in [0, 0.1) is 0 Å². The summed E-state index contributed by atoms with van der Waals surface area (Å²) in [6.45, 7) is 15.0. The fourth-order valence-corrected chi connectivity index (χ4v) is 6.95. The molecule has 0 spiro atoms. The van der Waals surface area contributed by atoms with Crippen molar-refractivity contribution in [2.24, 2.45) is 5.16 Å². The van der Waals surface area contributed by atoms with Crippen LogP contribution in [0.2, 0.25) is 0 Å². The molecule has 2 atom stereocenters. The minimum Gasteiger partial charge on any atom is -0.490 e. The van der Waals surface area contributed by atoms with E-state index >= 15 is 0 Å². The summed E-state index contributed by atoms with van der Waals surface area (Å²) in [7, 11) is -5.24. The van der Waals surface area contributed by atoms with Gasteiger partial charge in [-0.3, -0.25) is 24.4 Å². The highest BCUT2D eigenvalue weighted by Gasteiger charge is 2.44. The monoisotopic (exact) mass is 982 g/mol. The summed E-state index contributed by atoms with van der Waals surface area (Å²) in [5.41, 5.74) is -5.74. The zero-order valence-electron chi connectivity index (χ0n) is 38.9. The second kappa shape index (κ2) is 22.1. The highest BCUT2D eigenvalue weighted by atomic mass is 32.2. The van der Waals surface area contributed by atoms with Crippen molar-refractivity contribution < 1.29 is 66.4 Å². The van der Waals surface area contributed by atoms with Crippen molar-refractivity contribution in [1.29, 1.82) is 0 Å². The molecule has 4 rings (SSSR count). The number of esters is 1. The van der Waals surface area contributed by atoms with E-state index in [1.807, 2.05) is 13.8 Å². The number of carbonyl (C=O) groups excluding carboxylic acids is 5. The van der Waals surface area contributed by atoms with Gasteiger partial charge in [0.2, 0.25) is 5.60 Å². The topological polar surface area (TPSA) is 323 Å². The number of amides is 5. The summed E-state index contributed by atoms with van der Waals surface area (Å²) < 4.78 is 51.8. The molecular formula is C40H58N10O15S2. The van der Waals surface area contributed by atoms with Crippen LogP contribution < -0.4 is 30.5 Å². The van der Waals surface area contributed by atoms with Crippen molar-refractivity contribution in [3.8, 4) is 23.0 Å². The Morgan fingerprint density at radius 2 is 1.60 bits per heavy atom. The van der Waals surface area contributed by atoms with Gasteiger partial charge in [0.15, 0.2) is 28.2 Å². The largest absolute Gasteiger partial charge is 0.490 e. The number of hydrogen-bond acceptors (Lipinski definition) is 20. The highest BCUT2D eigenvalue weighted by molar-refractivity contribution is 7.88. The van der Waals surface area contributed by atoms with E-state index in [-0.39, 0.29) is 38.7 Å². The van der Waals surface area contributed by atoms with Crippen LogP contribution in [0.5, 0.6) is 11.5 Å². The molecule has 1 aliphatic heterocycles. The molecule has 4 heterocycles. The number of urea groups is 1. The van der Waals surface area contributed by atoms with Crippen molar-refractivity contribution in [2.45, 2.75) is 130 Å². The summed E-state index contributed by atoms with van der Waals surface area (Å²) in [6.07, 6.45) is 1.96. The van der Waals surface area contributed by atoms with E-state index in [4.69, 9.17) is 23.8 Å². The number of β-lactam (4-membered cyclic amide) rings is 1. The van der Waals surface area contributed by atoms with Crippen LogP contribution in [0.15, 0.2) is 27.6 Å². The summed E-state index contributed by atoms with van der Waals surface area (Å²) in [5.74, 6) is -2.94. The molecule has 25 nitrogen and oxygen atoms in total. The number of rotatable bonds is 21. The van der Waals surface area contributed by atoms with Gasteiger partial charge in [-0.15, -0.1) is 16.4 Å². The van der Waals surface area contributed by atoms with Crippen molar-refractivity contribution in [2.75, 3.05) is 31.7 Å². The Bertz CT molecular complexity index is 2490. The molecule has 27 heteroatoms. The number of imide groups is 1. The number of carbonyl (C=O) groups is 5. The molecular weight excluding hydrogens is 925 g/mol. The second-order valence-corrected chi connectivity index (χ2v) is 19.8. The number of likely N-dealkylation sites (tertiary alicyclic amines) is 1. The van der Waals surface area contributed by atoms with Crippen molar-refractivity contribution >= 4 is 62.3 Å². The molecule has 0 bridgehead atoms. The van der Waals surface area contributed by atoms with E-state index in [1.165, 1.54) is 31.5 Å². The Balaban J connectivity index is 1.57. The zero-order chi connectivity index (χ0) is 50.1. The number of thiazole rings is 1. The van der Waals surface area contributed by atoms with Gasteiger partial charge in [0.05, 0.1) is 45.2 Å². The number of aliphatic hydroxyl groups is 2. The number of aromatic nitrogens is 5. The lowest BCUT2D eigenvalue weighted by Gasteiger charge is -2.36. The van der Waals surface area contributed by atoms with Crippen LogP contribution in [0.3, 0.4) is 0 Å². The van der Waals surface area contributed by atoms with Gasteiger partial charge < -0.3 is 39.3 Å². The van der Waals surface area contributed by atoms with E-state index in [0.29, 0.717) is 17.9 Å². The second-order valence-electron chi connectivity index (χ2n) is 17.4. The molecule has 0 unspecified atom stereocenters. The number of nitrogens with zero attached hydrogens (tertiary/aromatic N) is 7. The molecule has 0 radical (unpaired) electrons. The highest BCUT2D eigenvalue weighted by Crippen LogP contribution is 2.31. The Hall–Kier alpha value is -6.19. The van der Waals surface area contributed by atoms with Crippen molar-refractivity contribution in [1.82, 2.24) is 38.7 Å². The molecule has 5 N–H and O–H groups in total. The normalized spacial score (nSPS) is 15.0. The predicted molar refractivity (Wildman–Crippen MR) is 240 cm³/mol. The number of nitrogens with one attached hydrogen (secondary N) is 3. The first kappa shape index (κ1) is 53.4. The van der Waals surface area contributed by atoms with Crippen molar-refractivity contribution in [3.63, 3.8) is 0 Å². The van der Waals surface area contributed by atoms with E-state index in [9.17, 15) is 47.4 Å². The van der Waals surface area contributed by atoms with Gasteiger partial charge >= 0.3 is 34.0 Å². The lowest BCUT2D eigenvalue weighted by Crippen LogP contribution is -2.68. The van der Waals surface area contributed by atoms with Gasteiger partial charge in [-0.05, 0) is 68.2 Å². The Labute approximate surface area is 390 Å². The average molecular weight is 983 g/mol. The lowest BCUT2D eigenvalue weighted by atomic mass is 10.1. The number of pyridine rings is 1. The number of ether oxygens (including phenoxy) is 4. The molecule has 3 aromatic heterocycles. The Kier molecular flexibility index (Phi) is 17.6. The summed E-state index contributed by atoms with van der Waals surface area (Å²) in [5, 5.41) is 33.7. The third-order valence-electron chi connectivity index (χ3n) is 8.76. The smallest absolute Gasteiger partial charge is 0.413 e. The minimum absolute atomic E-state index is 0.0247. The molecule has 1 fully saturated rings. The predicted octanol–water partition coefficient (Wildman–Crippen LogP) is 2.29. The summed E-state index contributed by atoms with van der Waals surface area (Å²) >= 11 is 0.873. The van der Waals surface area contributed by atoms with Crippen molar-refractivity contribution in [3.05, 3.63) is 33.8 Å². The maximum Gasteiger partial charge on any atom is 0.413 e. The maximum atomic E-state index is 13.7. The third-order valence-corrected chi connectivity index (χ3v) is 10.6. The fraction of sp³-hybridized carbons (Fsp3) is 0.600. The number of hydrogen-bond donors (Lipinski definition) is 5. The van der Waals surface area contributed by atoms with Crippen LogP contribution in [-0.2, 0) is 45.4 Å². The lowest BCUT2D eigenvalue weighted by molar-refractivity contribution is -0.179. The van der Waals surface area contributed by atoms with Crippen LogP contribution in [-0.4, -0.2) is 138 Å². The van der Waals surface area contributed by atoms with E-state index in [1.54, 1.807) is 46.3 Å². The van der Waals surface area contributed by atoms with Crippen LogP contribution in [0.4, 0.5) is 14.7 Å². The molecule has 0 saturated carbocycles. The molecule has 1 aliphatic rings. The number of anilines is 1. The Morgan fingerprint density at radius 1 is 0.970 bits per heavy atom. The van der Waals surface area contributed by atoms with Crippen LogP contribution >= 0.6 is 11.3 Å². The van der Waals surface area contributed by atoms with Gasteiger partial charge in [0.1, 0.15) is 28.6 Å². The molecule has 0 aliphatic carbocycles. The standard InChI is InChI=1S/C40H58N10O15S2/c1-11-13-15-61-27-17-24(41-18-28(27)62-16-14-12-2)30-45-50(37(58)48(30)19-23(52)21-51)67(59,60)47-35(56)49-20-25(32(49)54)42-31(53)29(46-65-40(9,10)33(55)63-38(3,4)5)26-22-66-34(43-26)44-36(57)64-39(6,7)8/h17-18,22-23,25,51-52H,11-16,19-21H2,1-10H3,(H,42,53)(H,47,56)(H,43,44,57)/b46-29-/t23-,25+/m1/s1. The van der Waals surface area contributed by atoms with E-state index < -0.39 is 106 Å². The number of oxime groups is 1. The van der Waals surface area contributed by atoms with Gasteiger partial charge in [0.25, 0.3) is 11.8 Å². The van der Waals surface area contributed by atoms with E-state index in [2.05, 4.69) is 30.9 Å². The van der Waals surface area contributed by atoms with Crippen LogP contribution in [0.25, 0.3) is 11.5 Å². The first-order valence-electron chi connectivity index (χ1n) is 21.1. The summed E-state index contributed by atoms with van der Waals surface area (Å²) in [4.78, 5) is 93.5. The molecule has 3 aromatic rings. The molecule has 1 saturated heterocycles.